The van der Waals surface area contributed by atoms with Crippen molar-refractivity contribution < 1.29 is 19.8 Å². The topological polar surface area (TPSA) is 90.4 Å². The van der Waals surface area contributed by atoms with Crippen LogP contribution in [0.15, 0.2) is 84.9 Å². The van der Waals surface area contributed by atoms with Crippen LogP contribution in [0.4, 0.5) is 0 Å². The van der Waals surface area contributed by atoms with Crippen molar-refractivity contribution in [1.29, 1.82) is 0 Å². The van der Waals surface area contributed by atoms with Crippen LogP contribution in [0.3, 0.4) is 0 Å². The molecule has 1 heterocycles. The van der Waals surface area contributed by atoms with Crippen molar-refractivity contribution >= 4 is 33.7 Å². The van der Waals surface area contributed by atoms with Crippen LogP contribution in [-0.2, 0) is 0 Å². The lowest BCUT2D eigenvalue weighted by atomic mass is 9.99. The van der Waals surface area contributed by atoms with Crippen LogP contribution >= 0.6 is 0 Å². The molecule has 5 rings (SSSR count). The fraction of sp³-hybridized carbons (Fsp3) is 0. The van der Waals surface area contributed by atoms with Crippen LogP contribution in [0.1, 0.15) is 20.7 Å². The number of nitrogens with one attached hydrogen (secondary N) is 1. The molecule has 0 spiro atoms. The first-order chi connectivity index (χ1) is 15.0. The molecule has 0 aliphatic rings. The average molecular weight is 407 g/mol. The lowest BCUT2D eigenvalue weighted by molar-refractivity contribution is 0.0686. The van der Waals surface area contributed by atoms with E-state index in [-0.39, 0.29) is 11.1 Å². The molecule has 0 unspecified atom stereocenters. The third-order valence-corrected chi connectivity index (χ3v) is 5.53. The Hall–Kier alpha value is -4.38. The standard InChI is InChI=1S/C26H17NO4/c28-25(29)17-5-1-15(2-6-17)19-9-11-23-21(13-19)22-14-20(10-12-24(22)27-23)16-3-7-18(8-4-16)26(30)31/h1-14,27H,(H,28,29)(H,30,31). The first-order valence-corrected chi connectivity index (χ1v) is 9.72. The highest BCUT2D eigenvalue weighted by molar-refractivity contribution is 6.09. The predicted octanol–water partition coefficient (Wildman–Crippen LogP) is 6.05. The monoisotopic (exact) mass is 407 g/mol. The predicted molar refractivity (Wildman–Crippen MR) is 121 cm³/mol. The maximum atomic E-state index is 11.1. The number of carboxylic acids is 2. The molecule has 5 aromatic rings. The Bertz CT molecular complexity index is 1350. The fourth-order valence-corrected chi connectivity index (χ4v) is 3.87. The zero-order chi connectivity index (χ0) is 21.5. The van der Waals surface area contributed by atoms with E-state index in [2.05, 4.69) is 17.1 Å². The number of aromatic nitrogens is 1. The summed E-state index contributed by atoms with van der Waals surface area (Å²) in [4.78, 5) is 25.6. The zero-order valence-corrected chi connectivity index (χ0v) is 16.3. The molecule has 150 valence electrons. The van der Waals surface area contributed by atoms with Gasteiger partial charge in [-0.05, 0) is 70.8 Å². The number of carboxylic acid groups (broad SMARTS) is 2. The van der Waals surface area contributed by atoms with Gasteiger partial charge in [-0.1, -0.05) is 36.4 Å². The van der Waals surface area contributed by atoms with Crippen molar-refractivity contribution in [3.63, 3.8) is 0 Å². The quantitative estimate of drug-likeness (QED) is 0.338. The Morgan fingerprint density at radius 1 is 0.516 bits per heavy atom. The van der Waals surface area contributed by atoms with Gasteiger partial charge in [-0.3, -0.25) is 0 Å². The van der Waals surface area contributed by atoms with Crippen LogP contribution in [0.25, 0.3) is 44.1 Å². The van der Waals surface area contributed by atoms with E-state index in [1.165, 1.54) is 0 Å². The molecule has 3 N–H and O–H groups in total. The molecule has 0 atom stereocenters. The average Bonchev–Trinajstić information content (AvgIpc) is 3.16. The van der Waals surface area contributed by atoms with Gasteiger partial charge in [0.1, 0.15) is 0 Å². The Kier molecular flexibility index (Phi) is 4.30. The second-order valence-corrected chi connectivity index (χ2v) is 7.41. The molecule has 0 aliphatic heterocycles. The summed E-state index contributed by atoms with van der Waals surface area (Å²) in [5.74, 6) is -1.88. The molecule has 0 aliphatic carbocycles. The Morgan fingerprint density at radius 2 is 0.871 bits per heavy atom. The lowest BCUT2D eigenvalue weighted by Crippen LogP contribution is -1.94. The van der Waals surface area contributed by atoms with Gasteiger partial charge in [0, 0.05) is 21.8 Å². The van der Waals surface area contributed by atoms with E-state index in [9.17, 15) is 9.59 Å². The smallest absolute Gasteiger partial charge is 0.335 e. The minimum Gasteiger partial charge on any atom is -0.478 e. The number of hydrogen-bond acceptors (Lipinski definition) is 2. The summed E-state index contributed by atoms with van der Waals surface area (Å²) in [6, 6.07) is 26.0. The third-order valence-electron chi connectivity index (χ3n) is 5.53. The molecule has 5 heteroatoms. The molecule has 0 amide bonds. The van der Waals surface area contributed by atoms with Crippen molar-refractivity contribution in [3.8, 4) is 22.3 Å². The molecular formula is C26H17NO4. The van der Waals surface area contributed by atoms with Crippen molar-refractivity contribution in [2.45, 2.75) is 0 Å². The first-order valence-electron chi connectivity index (χ1n) is 9.72. The summed E-state index contributed by atoms with van der Waals surface area (Å²) in [5, 5.41) is 20.4. The maximum absolute atomic E-state index is 11.1. The first kappa shape index (κ1) is 18.6. The normalized spacial score (nSPS) is 11.1. The highest BCUT2D eigenvalue weighted by Crippen LogP contribution is 2.33. The Balaban J connectivity index is 1.60. The SMILES string of the molecule is O=C(O)c1ccc(-c2ccc3[nH]c4ccc(-c5ccc(C(=O)O)cc5)cc4c3c2)cc1. The number of hydrogen-bond donors (Lipinski definition) is 3. The van der Waals surface area contributed by atoms with Gasteiger partial charge in [0.05, 0.1) is 11.1 Å². The molecular weight excluding hydrogens is 390 g/mol. The molecule has 0 saturated heterocycles. The van der Waals surface area contributed by atoms with Crippen LogP contribution < -0.4 is 0 Å². The second-order valence-electron chi connectivity index (χ2n) is 7.41. The zero-order valence-electron chi connectivity index (χ0n) is 16.3. The third kappa shape index (κ3) is 3.32. The molecule has 0 bridgehead atoms. The Morgan fingerprint density at radius 3 is 1.23 bits per heavy atom. The minimum atomic E-state index is -0.942. The van der Waals surface area contributed by atoms with Gasteiger partial charge in [-0.2, -0.15) is 0 Å². The molecule has 0 radical (unpaired) electrons. The number of aromatic amines is 1. The molecule has 4 aromatic carbocycles. The van der Waals surface area contributed by atoms with Crippen molar-refractivity contribution in [3.05, 3.63) is 96.1 Å². The number of carbonyl (C=O) groups is 2. The van der Waals surface area contributed by atoms with Crippen LogP contribution in [0.2, 0.25) is 0 Å². The number of rotatable bonds is 4. The number of benzene rings is 4. The number of H-pyrrole nitrogens is 1. The molecule has 0 saturated carbocycles. The largest absolute Gasteiger partial charge is 0.478 e. The molecule has 31 heavy (non-hydrogen) atoms. The summed E-state index contributed by atoms with van der Waals surface area (Å²) in [7, 11) is 0. The van der Waals surface area contributed by atoms with E-state index < -0.39 is 11.9 Å². The molecule has 5 nitrogen and oxygen atoms in total. The van der Waals surface area contributed by atoms with Gasteiger partial charge >= 0.3 is 11.9 Å². The van der Waals surface area contributed by atoms with Crippen molar-refractivity contribution in [1.82, 2.24) is 4.98 Å². The Labute approximate surface area is 177 Å². The van der Waals surface area contributed by atoms with Crippen LogP contribution in [-0.4, -0.2) is 27.1 Å². The molecule has 1 aromatic heterocycles. The van der Waals surface area contributed by atoms with Crippen LogP contribution in [0.5, 0.6) is 0 Å². The van der Waals surface area contributed by atoms with Gasteiger partial charge in [-0.15, -0.1) is 0 Å². The van der Waals surface area contributed by atoms with E-state index in [4.69, 9.17) is 10.2 Å². The highest BCUT2D eigenvalue weighted by atomic mass is 16.4. The fourth-order valence-electron chi connectivity index (χ4n) is 3.87. The number of aromatic carboxylic acids is 2. The maximum Gasteiger partial charge on any atom is 0.335 e. The van der Waals surface area contributed by atoms with Gasteiger partial charge < -0.3 is 15.2 Å². The minimum absolute atomic E-state index is 0.260. The second kappa shape index (κ2) is 7.15. The summed E-state index contributed by atoms with van der Waals surface area (Å²) in [6.07, 6.45) is 0. The van der Waals surface area contributed by atoms with E-state index in [0.717, 1.165) is 44.1 Å². The van der Waals surface area contributed by atoms with Gasteiger partial charge in [-0.25, -0.2) is 9.59 Å². The summed E-state index contributed by atoms with van der Waals surface area (Å²) >= 11 is 0. The lowest BCUT2D eigenvalue weighted by Gasteiger charge is -2.05. The van der Waals surface area contributed by atoms with Gasteiger partial charge in [0.15, 0.2) is 0 Å². The van der Waals surface area contributed by atoms with E-state index in [1.54, 1.807) is 24.3 Å². The van der Waals surface area contributed by atoms with Crippen LogP contribution in [0, 0.1) is 0 Å². The summed E-state index contributed by atoms with van der Waals surface area (Å²) in [5.41, 5.74) is 6.44. The highest BCUT2D eigenvalue weighted by Gasteiger charge is 2.10. The summed E-state index contributed by atoms with van der Waals surface area (Å²) in [6.45, 7) is 0. The van der Waals surface area contributed by atoms with E-state index in [1.807, 2.05) is 48.5 Å². The van der Waals surface area contributed by atoms with E-state index in [0.29, 0.717) is 0 Å². The summed E-state index contributed by atoms with van der Waals surface area (Å²) < 4.78 is 0. The van der Waals surface area contributed by atoms with Crippen molar-refractivity contribution in [2.75, 3.05) is 0 Å². The van der Waals surface area contributed by atoms with Crippen molar-refractivity contribution in [2.24, 2.45) is 0 Å². The number of fused-ring (bicyclic) bond motifs is 3. The van der Waals surface area contributed by atoms with Gasteiger partial charge in [0.2, 0.25) is 0 Å². The van der Waals surface area contributed by atoms with Gasteiger partial charge in [0.25, 0.3) is 0 Å². The molecule has 0 fully saturated rings. The van der Waals surface area contributed by atoms with E-state index >= 15 is 0 Å².